The molecule has 3 fully saturated rings. The van der Waals surface area contributed by atoms with E-state index in [-0.39, 0.29) is 0 Å². The molecule has 0 aromatic rings. The molecule has 102 valence electrons. The normalized spacial score (nSPS) is 42.1. The van der Waals surface area contributed by atoms with Crippen molar-refractivity contribution in [3.8, 4) is 0 Å². The molecule has 3 aliphatic heterocycles. The van der Waals surface area contributed by atoms with E-state index in [1.165, 1.54) is 37.9 Å². The molecule has 0 aromatic carbocycles. The topological polar surface area (TPSA) is 18.5 Å². The van der Waals surface area contributed by atoms with Gasteiger partial charge in [0.1, 0.15) is 0 Å². The van der Waals surface area contributed by atoms with Gasteiger partial charge in [0.15, 0.2) is 0 Å². The van der Waals surface area contributed by atoms with Gasteiger partial charge in [0.05, 0.1) is 6.17 Å². The van der Waals surface area contributed by atoms with Gasteiger partial charge in [-0.2, -0.15) is 0 Å². The summed E-state index contributed by atoms with van der Waals surface area (Å²) in [5.41, 5.74) is 1.41. The van der Waals surface area contributed by atoms with Gasteiger partial charge in [-0.1, -0.05) is 26.0 Å². The highest BCUT2D eigenvalue weighted by atomic mass is 15.4. The number of nitrogens with one attached hydrogen (secondary N) is 1. The second-order valence-electron chi connectivity index (χ2n) is 6.81. The highest BCUT2D eigenvalue weighted by molar-refractivity contribution is 5.13. The van der Waals surface area contributed by atoms with E-state index < -0.39 is 0 Å². The summed E-state index contributed by atoms with van der Waals surface area (Å²) >= 11 is 0. The summed E-state index contributed by atoms with van der Waals surface area (Å²) in [6, 6.07) is 2.11. The number of hydrogen-bond acceptors (Lipinski definition) is 3. The SMILES string of the molecule is C=C1CCC(N2C3CC2CN(C)C3)NC1C(C)C. The molecule has 4 unspecified atom stereocenters. The van der Waals surface area contributed by atoms with Gasteiger partial charge in [-0.25, -0.2) is 0 Å². The van der Waals surface area contributed by atoms with Gasteiger partial charge in [-0.05, 0) is 32.2 Å². The van der Waals surface area contributed by atoms with E-state index in [0.717, 1.165) is 12.1 Å². The molecule has 0 aromatic heterocycles. The van der Waals surface area contributed by atoms with E-state index in [1.807, 2.05) is 0 Å². The molecular weight excluding hydrogens is 222 g/mol. The van der Waals surface area contributed by atoms with E-state index in [4.69, 9.17) is 0 Å². The number of likely N-dealkylation sites (tertiary alicyclic amines) is 2. The summed E-state index contributed by atoms with van der Waals surface area (Å²) in [6.07, 6.45) is 4.46. The van der Waals surface area contributed by atoms with Crippen LogP contribution in [0, 0.1) is 5.92 Å². The Labute approximate surface area is 111 Å². The quantitative estimate of drug-likeness (QED) is 0.751. The van der Waals surface area contributed by atoms with Crippen LogP contribution in [0.25, 0.3) is 0 Å². The molecule has 1 N–H and O–H groups in total. The third-order valence-corrected chi connectivity index (χ3v) is 5.01. The van der Waals surface area contributed by atoms with Gasteiger partial charge in [0, 0.05) is 31.2 Å². The third kappa shape index (κ3) is 2.02. The van der Waals surface area contributed by atoms with Crippen LogP contribution in [0.1, 0.15) is 33.1 Å². The Hall–Kier alpha value is -0.380. The van der Waals surface area contributed by atoms with Crippen LogP contribution in [-0.4, -0.2) is 54.2 Å². The molecule has 2 bridgehead atoms. The Morgan fingerprint density at radius 3 is 2.56 bits per heavy atom. The van der Waals surface area contributed by atoms with E-state index >= 15 is 0 Å². The predicted molar refractivity (Wildman–Crippen MR) is 75.5 cm³/mol. The lowest BCUT2D eigenvalue weighted by molar-refractivity contribution is -0.104. The van der Waals surface area contributed by atoms with E-state index in [1.54, 1.807) is 0 Å². The summed E-state index contributed by atoms with van der Waals surface area (Å²) in [6.45, 7) is 11.4. The van der Waals surface area contributed by atoms with Crippen molar-refractivity contribution in [2.24, 2.45) is 5.92 Å². The zero-order chi connectivity index (χ0) is 12.9. The summed E-state index contributed by atoms with van der Waals surface area (Å²) in [7, 11) is 2.25. The lowest BCUT2D eigenvalue weighted by Gasteiger charge is -2.60. The second kappa shape index (κ2) is 4.62. The third-order valence-electron chi connectivity index (χ3n) is 5.01. The molecule has 18 heavy (non-hydrogen) atoms. The number of hydrogen-bond donors (Lipinski definition) is 1. The van der Waals surface area contributed by atoms with Gasteiger partial charge in [-0.15, -0.1) is 0 Å². The lowest BCUT2D eigenvalue weighted by Crippen LogP contribution is -2.73. The predicted octanol–water partition coefficient (Wildman–Crippen LogP) is 1.67. The highest BCUT2D eigenvalue weighted by Gasteiger charge is 2.47. The summed E-state index contributed by atoms with van der Waals surface area (Å²) < 4.78 is 0. The van der Waals surface area contributed by atoms with Crippen LogP contribution in [0.5, 0.6) is 0 Å². The molecule has 0 radical (unpaired) electrons. The standard InChI is InChI=1S/C15H27N3/c1-10(2)15-11(3)5-6-14(16-15)18-12-7-13(18)9-17(4)8-12/h10,12-16H,3,5-9H2,1-2,4H3. The van der Waals surface area contributed by atoms with Crippen LogP contribution in [0.2, 0.25) is 0 Å². The molecule has 0 saturated carbocycles. The van der Waals surface area contributed by atoms with Crippen molar-refractivity contribution in [1.82, 2.24) is 15.1 Å². The summed E-state index contributed by atoms with van der Waals surface area (Å²) in [5.74, 6) is 0.657. The Kier molecular flexibility index (Phi) is 3.25. The number of piperidine rings is 2. The maximum Gasteiger partial charge on any atom is 0.0611 e. The van der Waals surface area contributed by atoms with Crippen molar-refractivity contribution in [3.05, 3.63) is 12.2 Å². The van der Waals surface area contributed by atoms with E-state index in [0.29, 0.717) is 18.1 Å². The van der Waals surface area contributed by atoms with Gasteiger partial charge >= 0.3 is 0 Å². The van der Waals surface area contributed by atoms with Crippen molar-refractivity contribution in [2.45, 2.75) is 57.4 Å². The lowest BCUT2D eigenvalue weighted by atomic mass is 9.83. The molecular formula is C15H27N3. The maximum atomic E-state index is 4.25. The van der Waals surface area contributed by atoms with Crippen molar-refractivity contribution < 1.29 is 0 Å². The van der Waals surface area contributed by atoms with E-state index in [2.05, 4.69) is 42.6 Å². The fraction of sp³-hybridized carbons (Fsp3) is 0.867. The van der Waals surface area contributed by atoms with Crippen molar-refractivity contribution >= 4 is 0 Å². The van der Waals surface area contributed by atoms with Crippen LogP contribution < -0.4 is 5.32 Å². The monoisotopic (exact) mass is 249 g/mol. The summed E-state index contributed by atoms with van der Waals surface area (Å²) in [5, 5.41) is 3.86. The van der Waals surface area contributed by atoms with Crippen LogP contribution in [0.4, 0.5) is 0 Å². The van der Waals surface area contributed by atoms with Crippen LogP contribution in [0.3, 0.4) is 0 Å². The molecule has 3 rings (SSSR count). The highest BCUT2D eigenvalue weighted by Crippen LogP contribution is 2.36. The number of rotatable bonds is 2. The first-order valence-electron chi connectivity index (χ1n) is 7.46. The molecule has 3 heteroatoms. The first kappa shape index (κ1) is 12.6. The number of piperazine rings is 1. The average Bonchev–Trinajstić information content (AvgIpc) is 2.30. The van der Waals surface area contributed by atoms with Crippen LogP contribution in [0.15, 0.2) is 12.2 Å². The van der Waals surface area contributed by atoms with E-state index in [9.17, 15) is 0 Å². The first-order valence-corrected chi connectivity index (χ1v) is 7.46. The number of likely N-dealkylation sites (N-methyl/N-ethyl adjacent to an activating group) is 1. The molecule has 3 nitrogen and oxygen atoms in total. The van der Waals surface area contributed by atoms with Gasteiger partial charge < -0.3 is 4.90 Å². The first-order chi connectivity index (χ1) is 8.56. The molecule has 0 spiro atoms. The maximum absolute atomic E-state index is 4.25. The Balaban J connectivity index is 1.66. The Bertz CT molecular complexity index is 327. The second-order valence-corrected chi connectivity index (χ2v) is 6.81. The molecule has 3 saturated heterocycles. The minimum atomic E-state index is 0.516. The van der Waals surface area contributed by atoms with Gasteiger partial charge in [0.25, 0.3) is 0 Å². The molecule has 0 aliphatic carbocycles. The number of nitrogens with zero attached hydrogens (tertiary/aromatic N) is 2. The van der Waals surface area contributed by atoms with Crippen LogP contribution >= 0.6 is 0 Å². The average molecular weight is 249 g/mol. The van der Waals surface area contributed by atoms with Crippen molar-refractivity contribution in [3.63, 3.8) is 0 Å². The Morgan fingerprint density at radius 1 is 1.28 bits per heavy atom. The fourth-order valence-corrected chi connectivity index (χ4v) is 4.14. The fourth-order valence-electron chi connectivity index (χ4n) is 4.14. The molecule has 3 aliphatic rings. The summed E-state index contributed by atoms with van der Waals surface area (Å²) in [4.78, 5) is 5.23. The van der Waals surface area contributed by atoms with Gasteiger partial charge in [-0.3, -0.25) is 10.2 Å². The molecule has 3 heterocycles. The number of fused-ring (bicyclic) bond motifs is 2. The minimum Gasteiger partial charge on any atom is -0.303 e. The zero-order valence-corrected chi connectivity index (χ0v) is 12.0. The van der Waals surface area contributed by atoms with Gasteiger partial charge in [0.2, 0.25) is 0 Å². The smallest absolute Gasteiger partial charge is 0.0611 e. The minimum absolute atomic E-state index is 0.516. The zero-order valence-electron chi connectivity index (χ0n) is 12.0. The molecule has 0 amide bonds. The van der Waals surface area contributed by atoms with Crippen molar-refractivity contribution in [2.75, 3.05) is 20.1 Å². The van der Waals surface area contributed by atoms with Crippen LogP contribution in [-0.2, 0) is 0 Å². The van der Waals surface area contributed by atoms with Crippen molar-refractivity contribution in [1.29, 1.82) is 0 Å². The largest absolute Gasteiger partial charge is 0.303 e. The molecule has 4 atom stereocenters. The Morgan fingerprint density at radius 2 is 1.94 bits per heavy atom.